The Morgan fingerprint density at radius 2 is 2.00 bits per heavy atom. The van der Waals surface area contributed by atoms with Crippen molar-refractivity contribution in [3.8, 4) is 0 Å². The normalized spacial score (nSPS) is 45.1. The minimum atomic E-state index is -1.37. The molecule has 176 valence electrons. The Labute approximate surface area is 195 Å². The molecule has 1 N–H and O–H groups in total. The van der Waals surface area contributed by atoms with Crippen LogP contribution in [0.15, 0.2) is 23.8 Å². The summed E-state index contributed by atoms with van der Waals surface area (Å²) < 4.78 is 6.09. The molecule has 4 rings (SSSR count). The van der Waals surface area contributed by atoms with Crippen LogP contribution < -0.4 is 0 Å². The van der Waals surface area contributed by atoms with Gasteiger partial charge >= 0.3 is 5.97 Å². The van der Waals surface area contributed by atoms with Crippen molar-refractivity contribution in [2.45, 2.75) is 71.3 Å². The summed E-state index contributed by atoms with van der Waals surface area (Å²) in [7, 11) is 0. The van der Waals surface area contributed by atoms with Crippen molar-refractivity contribution < 1.29 is 24.2 Å². The predicted octanol–water partition coefficient (Wildman–Crippen LogP) is 4.26. The van der Waals surface area contributed by atoms with Gasteiger partial charge < -0.3 is 9.84 Å². The first-order chi connectivity index (χ1) is 14.9. The average Bonchev–Trinajstić information content (AvgIpc) is 2.94. The first-order valence-electron chi connectivity index (χ1n) is 11.9. The van der Waals surface area contributed by atoms with Gasteiger partial charge in [0, 0.05) is 22.1 Å². The molecule has 3 fully saturated rings. The summed E-state index contributed by atoms with van der Waals surface area (Å²) in [4.78, 5) is 38.1. The number of esters is 1. The molecule has 4 aliphatic carbocycles. The fourth-order valence-electron chi connectivity index (χ4n) is 7.84. The van der Waals surface area contributed by atoms with E-state index in [1.165, 1.54) is 0 Å². The van der Waals surface area contributed by atoms with E-state index in [0.717, 1.165) is 24.8 Å². The zero-order chi connectivity index (χ0) is 23.6. The molecule has 3 saturated carbocycles. The standard InChI is InChI=1S/C26H35ClO5/c1-14(2)23(31)32-26(21(30)13-28)15(3)10-19-18-7-6-16-11-17(29)8-9-24(16,4)22(18)20(27)12-25(19,26)5/h8-9,11,14-15,18-20,22,28H,6-7,10,12-13H2,1-5H3/t15?,18-,19-,20?,22+,24-,25-,26-/m0/s1. The van der Waals surface area contributed by atoms with Crippen LogP contribution in [0.5, 0.6) is 0 Å². The third-order valence-electron chi connectivity index (χ3n) is 9.29. The molecule has 8 atom stereocenters. The molecule has 32 heavy (non-hydrogen) atoms. The second-order valence-corrected chi connectivity index (χ2v) is 11.8. The SMILES string of the molecule is CC(C)C(=O)O[C@]1(C(=O)CO)C(C)C[C@H]2[C@@H]3CCC4=CC(=O)C=C[C@]4(C)[C@H]3C(Cl)C[C@@]21C. The number of hydrogen-bond donors (Lipinski definition) is 1. The van der Waals surface area contributed by atoms with Crippen molar-refractivity contribution in [1.82, 2.24) is 0 Å². The van der Waals surface area contributed by atoms with Crippen LogP contribution in [-0.4, -0.2) is 40.2 Å². The molecule has 0 amide bonds. The zero-order valence-electron chi connectivity index (χ0n) is 19.7. The smallest absolute Gasteiger partial charge is 0.309 e. The van der Waals surface area contributed by atoms with E-state index < -0.39 is 29.4 Å². The summed E-state index contributed by atoms with van der Waals surface area (Å²) in [6.07, 6.45) is 8.45. The molecule has 0 aromatic rings. The third kappa shape index (κ3) is 3.03. The molecule has 0 aliphatic heterocycles. The summed E-state index contributed by atoms with van der Waals surface area (Å²) in [5, 5.41) is 9.68. The number of fused-ring (bicyclic) bond motifs is 5. The Morgan fingerprint density at radius 1 is 1.31 bits per heavy atom. The quantitative estimate of drug-likeness (QED) is 0.498. The number of rotatable bonds is 4. The zero-order valence-corrected chi connectivity index (χ0v) is 20.4. The molecule has 0 heterocycles. The van der Waals surface area contributed by atoms with Crippen LogP contribution in [0.3, 0.4) is 0 Å². The number of aliphatic hydroxyl groups excluding tert-OH is 1. The van der Waals surface area contributed by atoms with Gasteiger partial charge in [0.2, 0.25) is 5.78 Å². The van der Waals surface area contributed by atoms with E-state index in [4.69, 9.17) is 16.3 Å². The number of hydrogen-bond acceptors (Lipinski definition) is 5. The maximum absolute atomic E-state index is 13.3. The second kappa shape index (κ2) is 7.80. The number of allylic oxidation sites excluding steroid dienone is 4. The van der Waals surface area contributed by atoms with Crippen molar-refractivity contribution in [1.29, 1.82) is 0 Å². The lowest BCUT2D eigenvalue weighted by Crippen LogP contribution is -2.63. The van der Waals surface area contributed by atoms with Crippen LogP contribution in [0.2, 0.25) is 0 Å². The molecular formula is C26H35ClO5. The van der Waals surface area contributed by atoms with E-state index >= 15 is 0 Å². The molecule has 0 spiro atoms. The summed E-state index contributed by atoms with van der Waals surface area (Å²) in [6, 6.07) is 0. The Balaban J connectivity index is 1.80. The number of halogens is 1. The number of carbonyl (C=O) groups excluding carboxylic acids is 3. The Hall–Kier alpha value is -1.46. The number of alkyl halides is 1. The van der Waals surface area contributed by atoms with Crippen LogP contribution in [-0.2, 0) is 19.1 Å². The van der Waals surface area contributed by atoms with Crippen LogP contribution in [0.25, 0.3) is 0 Å². The van der Waals surface area contributed by atoms with E-state index in [1.54, 1.807) is 26.0 Å². The number of aliphatic hydroxyl groups is 1. The van der Waals surface area contributed by atoms with Crippen LogP contribution in [0, 0.1) is 40.4 Å². The molecular weight excluding hydrogens is 428 g/mol. The molecule has 4 aliphatic rings. The molecule has 6 heteroatoms. The summed E-state index contributed by atoms with van der Waals surface area (Å²) in [5.41, 5.74) is -1.16. The molecule has 5 nitrogen and oxygen atoms in total. The van der Waals surface area contributed by atoms with Gasteiger partial charge in [-0.3, -0.25) is 14.4 Å². The van der Waals surface area contributed by atoms with E-state index in [0.29, 0.717) is 6.42 Å². The maximum atomic E-state index is 13.3. The Kier molecular flexibility index (Phi) is 5.77. The van der Waals surface area contributed by atoms with Crippen molar-refractivity contribution in [3.63, 3.8) is 0 Å². The number of ketones is 2. The predicted molar refractivity (Wildman–Crippen MR) is 122 cm³/mol. The molecule has 0 aromatic heterocycles. The highest BCUT2D eigenvalue weighted by Crippen LogP contribution is 2.70. The van der Waals surface area contributed by atoms with Gasteiger partial charge in [0.15, 0.2) is 11.4 Å². The van der Waals surface area contributed by atoms with Gasteiger partial charge in [-0.25, -0.2) is 0 Å². The van der Waals surface area contributed by atoms with Crippen LogP contribution in [0.1, 0.15) is 60.3 Å². The molecule has 0 bridgehead atoms. The van der Waals surface area contributed by atoms with Crippen LogP contribution >= 0.6 is 11.6 Å². The first kappa shape index (κ1) is 23.7. The van der Waals surface area contributed by atoms with Crippen molar-refractivity contribution in [2.24, 2.45) is 40.4 Å². The number of ether oxygens (including phenoxy) is 1. The molecule has 2 unspecified atom stereocenters. The molecule has 0 saturated heterocycles. The van der Waals surface area contributed by atoms with Crippen molar-refractivity contribution >= 4 is 29.1 Å². The maximum Gasteiger partial charge on any atom is 0.309 e. The van der Waals surface area contributed by atoms with Gasteiger partial charge in [-0.1, -0.05) is 46.3 Å². The van der Waals surface area contributed by atoms with Gasteiger partial charge in [0.05, 0.1) is 5.92 Å². The highest BCUT2D eigenvalue weighted by Gasteiger charge is 2.72. The van der Waals surface area contributed by atoms with Gasteiger partial charge in [-0.2, -0.15) is 0 Å². The van der Waals surface area contributed by atoms with Gasteiger partial charge in [0.1, 0.15) is 6.61 Å². The minimum Gasteiger partial charge on any atom is -0.450 e. The third-order valence-corrected chi connectivity index (χ3v) is 9.71. The summed E-state index contributed by atoms with van der Waals surface area (Å²) >= 11 is 7.15. The van der Waals surface area contributed by atoms with Gasteiger partial charge in [0.25, 0.3) is 0 Å². The fourth-order valence-corrected chi connectivity index (χ4v) is 8.60. The second-order valence-electron chi connectivity index (χ2n) is 11.2. The Morgan fingerprint density at radius 3 is 2.62 bits per heavy atom. The van der Waals surface area contributed by atoms with Gasteiger partial charge in [-0.15, -0.1) is 11.6 Å². The van der Waals surface area contributed by atoms with Crippen LogP contribution in [0.4, 0.5) is 0 Å². The molecule has 0 radical (unpaired) electrons. The lowest BCUT2D eigenvalue weighted by atomic mass is 9.47. The van der Waals surface area contributed by atoms with Crippen molar-refractivity contribution in [3.05, 3.63) is 23.8 Å². The van der Waals surface area contributed by atoms with E-state index in [9.17, 15) is 19.5 Å². The fraction of sp³-hybridized carbons (Fsp3) is 0.731. The largest absolute Gasteiger partial charge is 0.450 e. The van der Waals surface area contributed by atoms with Crippen molar-refractivity contribution in [2.75, 3.05) is 6.61 Å². The Bertz CT molecular complexity index is 906. The van der Waals surface area contributed by atoms with E-state index in [2.05, 4.69) is 6.92 Å². The van der Waals surface area contributed by atoms with Gasteiger partial charge in [-0.05, 0) is 55.6 Å². The minimum absolute atomic E-state index is 0.0327. The lowest BCUT2D eigenvalue weighted by Gasteiger charge is -2.60. The number of carbonyl (C=O) groups is 3. The van der Waals surface area contributed by atoms with E-state index in [1.807, 2.05) is 19.9 Å². The van der Waals surface area contributed by atoms with E-state index in [-0.39, 0.29) is 46.2 Å². The highest BCUT2D eigenvalue weighted by molar-refractivity contribution is 6.21. The number of Topliss-reactive ketones (excluding diaryl/α,β-unsaturated/α-hetero) is 1. The summed E-state index contributed by atoms with van der Waals surface area (Å²) in [5.74, 6) is -0.870. The average molecular weight is 463 g/mol. The first-order valence-corrected chi connectivity index (χ1v) is 12.3. The lowest BCUT2D eigenvalue weighted by molar-refractivity contribution is -0.198. The summed E-state index contributed by atoms with van der Waals surface area (Å²) in [6.45, 7) is 9.05. The topological polar surface area (TPSA) is 80.7 Å². The highest BCUT2D eigenvalue weighted by atomic mass is 35.5. The molecule has 0 aromatic carbocycles. The monoisotopic (exact) mass is 462 g/mol.